The molecule has 1 saturated heterocycles. The summed E-state index contributed by atoms with van der Waals surface area (Å²) in [4.78, 5) is 44.8. The van der Waals surface area contributed by atoms with Gasteiger partial charge in [-0.2, -0.15) is 0 Å². The van der Waals surface area contributed by atoms with Crippen LogP contribution in [0.25, 0.3) is 0 Å². The number of amides is 2. The van der Waals surface area contributed by atoms with Crippen LogP contribution in [0, 0.1) is 5.82 Å². The van der Waals surface area contributed by atoms with Gasteiger partial charge in [-0.1, -0.05) is 18.2 Å². The second kappa shape index (κ2) is 14.7. The van der Waals surface area contributed by atoms with Gasteiger partial charge in [-0.25, -0.2) is 4.39 Å². The van der Waals surface area contributed by atoms with E-state index in [2.05, 4.69) is 4.90 Å². The number of rotatable bonds is 13. The summed E-state index contributed by atoms with van der Waals surface area (Å²) in [5, 5.41) is 1.95. The van der Waals surface area contributed by atoms with Gasteiger partial charge in [0.25, 0.3) is 0 Å². The number of morpholine rings is 1. The molecule has 1 fully saturated rings. The monoisotopic (exact) mass is 519 g/mol. The van der Waals surface area contributed by atoms with Crippen molar-refractivity contribution < 1.29 is 28.2 Å². The lowest BCUT2D eigenvalue weighted by Gasteiger charge is -2.31. The van der Waals surface area contributed by atoms with E-state index in [1.54, 1.807) is 35.3 Å². The molecular formula is C26H34FN3O5S. The molecule has 2 aromatic rings. The molecule has 3 rings (SSSR count). The minimum absolute atomic E-state index is 0.0158. The third-order valence-corrected chi connectivity index (χ3v) is 6.74. The lowest BCUT2D eigenvalue weighted by Crippen LogP contribution is -2.47. The van der Waals surface area contributed by atoms with Gasteiger partial charge in [0.15, 0.2) is 0 Å². The number of nitrogens with zero attached hydrogens (tertiary/aromatic N) is 3. The molecule has 2 heterocycles. The second-order valence-corrected chi connectivity index (χ2v) is 9.56. The van der Waals surface area contributed by atoms with Crippen molar-refractivity contribution in [2.24, 2.45) is 0 Å². The van der Waals surface area contributed by atoms with Gasteiger partial charge in [0.2, 0.25) is 11.8 Å². The highest BCUT2D eigenvalue weighted by atomic mass is 32.1. The van der Waals surface area contributed by atoms with Crippen LogP contribution in [0.4, 0.5) is 4.39 Å². The zero-order valence-corrected chi connectivity index (χ0v) is 21.5. The predicted molar refractivity (Wildman–Crippen MR) is 135 cm³/mol. The predicted octanol–water partition coefficient (Wildman–Crippen LogP) is 2.92. The number of hydrogen-bond donors (Lipinski definition) is 0. The zero-order valence-electron chi connectivity index (χ0n) is 20.7. The van der Waals surface area contributed by atoms with Gasteiger partial charge < -0.3 is 19.3 Å². The van der Waals surface area contributed by atoms with E-state index >= 15 is 0 Å². The van der Waals surface area contributed by atoms with Crippen molar-refractivity contribution in [3.05, 3.63) is 58.0 Å². The van der Waals surface area contributed by atoms with Crippen LogP contribution >= 0.6 is 11.3 Å². The summed E-state index contributed by atoms with van der Waals surface area (Å²) in [6, 6.07) is 9.94. The Morgan fingerprint density at radius 2 is 1.78 bits per heavy atom. The average Bonchev–Trinajstić information content (AvgIpc) is 3.40. The molecule has 1 aliphatic rings. The van der Waals surface area contributed by atoms with Gasteiger partial charge in [-0.3, -0.25) is 19.3 Å². The van der Waals surface area contributed by atoms with Crippen molar-refractivity contribution in [3.8, 4) is 0 Å². The van der Waals surface area contributed by atoms with Crippen LogP contribution in [-0.4, -0.2) is 85.0 Å². The van der Waals surface area contributed by atoms with Crippen molar-refractivity contribution in [2.75, 3.05) is 52.5 Å². The van der Waals surface area contributed by atoms with Gasteiger partial charge in [-0.05, 0) is 36.1 Å². The Morgan fingerprint density at radius 3 is 2.44 bits per heavy atom. The fraction of sp³-hybridized carbons (Fsp3) is 0.500. The summed E-state index contributed by atoms with van der Waals surface area (Å²) in [6.07, 6.45) is -0.0402. The molecule has 0 saturated carbocycles. The van der Waals surface area contributed by atoms with Crippen molar-refractivity contribution in [3.63, 3.8) is 0 Å². The highest BCUT2D eigenvalue weighted by Gasteiger charge is 2.24. The summed E-state index contributed by atoms with van der Waals surface area (Å²) in [6.45, 7) is 6.38. The summed E-state index contributed by atoms with van der Waals surface area (Å²) in [5.41, 5.74) is 0.801. The first-order chi connectivity index (χ1) is 17.4. The van der Waals surface area contributed by atoms with E-state index in [1.165, 1.54) is 17.0 Å². The molecule has 1 aromatic carbocycles. The van der Waals surface area contributed by atoms with E-state index in [1.807, 2.05) is 17.5 Å². The van der Waals surface area contributed by atoms with Crippen molar-refractivity contribution >= 4 is 29.1 Å². The summed E-state index contributed by atoms with van der Waals surface area (Å²) in [7, 11) is 0. The summed E-state index contributed by atoms with van der Waals surface area (Å²) >= 11 is 1.55. The van der Waals surface area contributed by atoms with Gasteiger partial charge in [0.05, 0.1) is 39.3 Å². The zero-order chi connectivity index (χ0) is 25.8. The molecule has 8 nitrogen and oxygen atoms in total. The van der Waals surface area contributed by atoms with E-state index < -0.39 is 5.97 Å². The largest absolute Gasteiger partial charge is 0.466 e. The molecule has 0 aliphatic carbocycles. The Morgan fingerprint density at radius 1 is 1.03 bits per heavy atom. The molecule has 0 N–H and O–H groups in total. The molecule has 2 amide bonds. The van der Waals surface area contributed by atoms with Crippen LogP contribution < -0.4 is 0 Å². The SMILES string of the molecule is CCOC(=O)CCC(=O)N(CCN1CCOCC1)CC(=O)N(Cc1ccc(F)cc1)Cc1cccs1. The summed E-state index contributed by atoms with van der Waals surface area (Å²) in [5.74, 6) is -1.24. The number of benzene rings is 1. The average molecular weight is 520 g/mol. The first-order valence-corrected chi connectivity index (χ1v) is 13.1. The number of ether oxygens (including phenoxy) is 2. The minimum Gasteiger partial charge on any atom is -0.466 e. The third-order valence-electron chi connectivity index (χ3n) is 5.88. The van der Waals surface area contributed by atoms with Crippen LogP contribution in [0.5, 0.6) is 0 Å². The van der Waals surface area contributed by atoms with Crippen LogP contribution in [0.3, 0.4) is 0 Å². The third kappa shape index (κ3) is 9.33. The number of halogens is 1. The Kier molecular flexibility index (Phi) is 11.3. The van der Waals surface area contributed by atoms with E-state index in [0.717, 1.165) is 23.5 Å². The number of carbonyl (C=O) groups excluding carboxylic acids is 3. The van der Waals surface area contributed by atoms with Gasteiger partial charge in [0, 0.05) is 44.0 Å². The Hall–Kier alpha value is -2.82. The molecule has 0 bridgehead atoms. The second-order valence-electron chi connectivity index (χ2n) is 8.53. The molecule has 1 aliphatic heterocycles. The standard InChI is InChI=1S/C26H34FN3O5S/c1-2-35-26(33)10-9-24(31)29(12-11-28-13-15-34-16-14-28)20-25(32)30(19-23-4-3-17-36-23)18-21-5-7-22(27)8-6-21/h3-8,17H,2,9-16,18-20H2,1H3. The van der Waals surface area contributed by atoms with E-state index in [4.69, 9.17) is 9.47 Å². The first kappa shape index (κ1) is 27.8. The lowest BCUT2D eigenvalue weighted by atomic mass is 10.2. The highest BCUT2D eigenvalue weighted by molar-refractivity contribution is 7.09. The van der Waals surface area contributed by atoms with Gasteiger partial charge in [0.1, 0.15) is 5.82 Å². The van der Waals surface area contributed by atoms with E-state index in [0.29, 0.717) is 39.4 Å². The van der Waals surface area contributed by atoms with Gasteiger partial charge in [-0.15, -0.1) is 11.3 Å². The number of carbonyl (C=O) groups is 3. The minimum atomic E-state index is -0.430. The fourth-order valence-electron chi connectivity index (χ4n) is 3.88. The maximum atomic E-state index is 13.5. The summed E-state index contributed by atoms with van der Waals surface area (Å²) < 4.78 is 23.7. The van der Waals surface area contributed by atoms with E-state index in [-0.39, 0.29) is 43.6 Å². The normalized spacial score (nSPS) is 13.8. The molecule has 36 heavy (non-hydrogen) atoms. The quantitative estimate of drug-likeness (QED) is 0.379. The van der Waals surface area contributed by atoms with Crippen LogP contribution in [0.15, 0.2) is 41.8 Å². The van der Waals surface area contributed by atoms with Crippen molar-refractivity contribution in [1.82, 2.24) is 14.7 Å². The molecule has 196 valence electrons. The first-order valence-electron chi connectivity index (χ1n) is 12.2. The van der Waals surface area contributed by atoms with E-state index in [9.17, 15) is 18.8 Å². The number of esters is 1. The van der Waals surface area contributed by atoms with Crippen molar-refractivity contribution in [1.29, 1.82) is 0 Å². The number of thiophene rings is 1. The molecular weight excluding hydrogens is 485 g/mol. The van der Waals surface area contributed by atoms with Crippen LogP contribution in [0.1, 0.15) is 30.2 Å². The van der Waals surface area contributed by atoms with Crippen LogP contribution in [-0.2, 0) is 36.9 Å². The molecule has 0 radical (unpaired) electrons. The molecule has 10 heteroatoms. The van der Waals surface area contributed by atoms with Crippen molar-refractivity contribution in [2.45, 2.75) is 32.9 Å². The molecule has 0 unspecified atom stereocenters. The van der Waals surface area contributed by atoms with Gasteiger partial charge >= 0.3 is 5.97 Å². The lowest BCUT2D eigenvalue weighted by molar-refractivity contribution is -0.146. The molecule has 1 aromatic heterocycles. The highest BCUT2D eigenvalue weighted by Crippen LogP contribution is 2.16. The maximum Gasteiger partial charge on any atom is 0.306 e. The molecule has 0 spiro atoms. The Labute approximate surface area is 215 Å². The maximum absolute atomic E-state index is 13.5. The molecule has 0 atom stereocenters. The fourth-order valence-corrected chi connectivity index (χ4v) is 4.59. The smallest absolute Gasteiger partial charge is 0.306 e. The topological polar surface area (TPSA) is 79.4 Å². The number of hydrogen-bond acceptors (Lipinski definition) is 7. The Balaban J connectivity index is 1.69. The van der Waals surface area contributed by atoms with Crippen LogP contribution in [0.2, 0.25) is 0 Å². The Bertz CT molecular complexity index is 964.